The third-order valence-electron chi connectivity index (χ3n) is 5.42. The number of aryl methyl sites for hydroxylation is 2. The van der Waals surface area contributed by atoms with Gasteiger partial charge < -0.3 is 9.67 Å². The predicted molar refractivity (Wildman–Crippen MR) is 87.9 cm³/mol. The molecule has 0 aromatic carbocycles. The van der Waals surface area contributed by atoms with E-state index in [0.717, 1.165) is 18.9 Å². The molecule has 1 aromatic heterocycles. The maximum atomic E-state index is 9.49. The molecule has 2 unspecified atom stereocenters. The number of rotatable bonds is 7. The topological polar surface area (TPSA) is 44.5 Å². The second-order valence-corrected chi connectivity index (χ2v) is 6.83. The van der Waals surface area contributed by atoms with Crippen LogP contribution in [-0.2, 0) is 6.54 Å². The maximum Gasteiger partial charge on any atom is 0.105 e. The lowest BCUT2D eigenvalue weighted by atomic mass is 10.2. The monoisotopic (exact) mass is 306 g/mol. The predicted octanol–water partition coefficient (Wildman–Crippen LogP) is 1.50. The first kappa shape index (κ1) is 16.0. The van der Waals surface area contributed by atoms with Gasteiger partial charge in [-0.2, -0.15) is 0 Å². The Labute approximate surface area is 133 Å². The van der Waals surface area contributed by atoms with Gasteiger partial charge >= 0.3 is 0 Å². The van der Waals surface area contributed by atoms with Crippen molar-refractivity contribution in [3.05, 3.63) is 18.2 Å². The Balaban J connectivity index is 1.45. The van der Waals surface area contributed by atoms with Gasteiger partial charge in [0.25, 0.3) is 0 Å². The number of likely N-dealkylation sites (tertiary alicyclic amines) is 2. The van der Waals surface area contributed by atoms with Crippen LogP contribution >= 0.6 is 0 Å². The molecule has 0 saturated carbocycles. The molecular weight excluding hydrogens is 276 g/mol. The Morgan fingerprint density at radius 1 is 1.14 bits per heavy atom. The van der Waals surface area contributed by atoms with Crippen molar-refractivity contribution in [1.82, 2.24) is 19.4 Å². The molecule has 2 aliphatic heterocycles. The van der Waals surface area contributed by atoms with Gasteiger partial charge in [0.2, 0.25) is 0 Å². The lowest BCUT2D eigenvalue weighted by Crippen LogP contribution is -2.43. The smallest absolute Gasteiger partial charge is 0.105 e. The van der Waals surface area contributed by atoms with Gasteiger partial charge in [-0.3, -0.25) is 9.80 Å². The van der Waals surface area contributed by atoms with Crippen LogP contribution in [0.15, 0.2) is 12.4 Å². The molecule has 2 saturated heterocycles. The first-order valence-corrected chi connectivity index (χ1v) is 8.84. The van der Waals surface area contributed by atoms with Crippen LogP contribution in [0.2, 0.25) is 0 Å². The van der Waals surface area contributed by atoms with Gasteiger partial charge in [0, 0.05) is 44.1 Å². The number of nitrogens with zero attached hydrogens (tertiary/aromatic N) is 4. The van der Waals surface area contributed by atoms with Gasteiger partial charge in [0.1, 0.15) is 5.82 Å². The number of hydrogen-bond donors (Lipinski definition) is 1. The van der Waals surface area contributed by atoms with E-state index in [9.17, 15) is 5.11 Å². The molecule has 1 N–H and O–H groups in total. The van der Waals surface area contributed by atoms with Gasteiger partial charge in [-0.1, -0.05) is 0 Å². The minimum atomic E-state index is 0.326. The molecule has 3 rings (SSSR count). The molecule has 124 valence electrons. The summed E-state index contributed by atoms with van der Waals surface area (Å²) in [5.74, 6) is 1.11. The standard InChI is InChI=1S/C17H30N4O/c1-15-18-7-12-19(15)10-4-11-20-8-2-5-16(20)13-21-9-3-6-17(21)14-22/h7,12,16-17,22H,2-6,8-11,13-14H2,1H3. The van der Waals surface area contributed by atoms with Gasteiger partial charge in [0.05, 0.1) is 6.61 Å². The quantitative estimate of drug-likeness (QED) is 0.829. The summed E-state index contributed by atoms with van der Waals surface area (Å²) >= 11 is 0. The van der Waals surface area contributed by atoms with Gasteiger partial charge in [-0.05, 0) is 52.1 Å². The molecule has 5 nitrogen and oxygen atoms in total. The molecule has 22 heavy (non-hydrogen) atoms. The fraction of sp³-hybridized carbons (Fsp3) is 0.824. The van der Waals surface area contributed by atoms with Gasteiger partial charge in [0.15, 0.2) is 0 Å². The minimum Gasteiger partial charge on any atom is -0.395 e. The Morgan fingerprint density at radius 3 is 2.64 bits per heavy atom. The zero-order valence-electron chi connectivity index (χ0n) is 13.8. The van der Waals surface area contributed by atoms with Crippen molar-refractivity contribution >= 4 is 0 Å². The highest BCUT2D eigenvalue weighted by molar-refractivity contribution is 4.89. The van der Waals surface area contributed by atoms with Crippen LogP contribution in [0.3, 0.4) is 0 Å². The van der Waals surface area contributed by atoms with Crippen molar-refractivity contribution in [1.29, 1.82) is 0 Å². The summed E-state index contributed by atoms with van der Waals surface area (Å²) in [5, 5.41) is 9.49. The molecule has 1 aromatic rings. The fourth-order valence-electron chi connectivity index (χ4n) is 4.09. The first-order chi connectivity index (χ1) is 10.8. The number of hydrogen-bond acceptors (Lipinski definition) is 4. The van der Waals surface area contributed by atoms with E-state index in [0.29, 0.717) is 18.7 Å². The average Bonchev–Trinajstić information content (AvgIpc) is 3.23. The molecule has 0 amide bonds. The summed E-state index contributed by atoms with van der Waals surface area (Å²) < 4.78 is 2.24. The molecule has 0 spiro atoms. The summed E-state index contributed by atoms with van der Waals surface area (Å²) in [7, 11) is 0. The zero-order chi connectivity index (χ0) is 15.4. The van der Waals surface area contributed by atoms with Crippen LogP contribution < -0.4 is 0 Å². The Kier molecular flexibility index (Phi) is 5.50. The molecular formula is C17H30N4O. The second-order valence-electron chi connectivity index (χ2n) is 6.83. The SMILES string of the molecule is Cc1nccn1CCCN1CCCC1CN1CCCC1CO. The van der Waals surface area contributed by atoms with Crippen molar-refractivity contribution in [2.75, 3.05) is 32.8 Å². The molecule has 0 aliphatic carbocycles. The second kappa shape index (κ2) is 7.57. The fourth-order valence-corrected chi connectivity index (χ4v) is 4.09. The van der Waals surface area contributed by atoms with Crippen molar-refractivity contribution in [2.45, 2.75) is 57.7 Å². The van der Waals surface area contributed by atoms with Crippen molar-refractivity contribution in [2.24, 2.45) is 0 Å². The number of imidazole rings is 1. The number of aromatic nitrogens is 2. The van der Waals surface area contributed by atoms with Crippen LogP contribution in [0.5, 0.6) is 0 Å². The van der Waals surface area contributed by atoms with E-state index in [1.54, 1.807) is 0 Å². The highest BCUT2D eigenvalue weighted by Crippen LogP contribution is 2.23. The Bertz CT molecular complexity index is 461. The van der Waals surface area contributed by atoms with Crippen LogP contribution in [0.25, 0.3) is 0 Å². The molecule has 2 aliphatic rings. The molecule has 0 radical (unpaired) electrons. The van der Waals surface area contributed by atoms with Crippen LogP contribution in [0.1, 0.15) is 37.9 Å². The minimum absolute atomic E-state index is 0.326. The third-order valence-corrected chi connectivity index (χ3v) is 5.42. The van der Waals surface area contributed by atoms with E-state index in [4.69, 9.17) is 0 Å². The number of aliphatic hydroxyl groups excluding tert-OH is 1. The van der Waals surface area contributed by atoms with E-state index < -0.39 is 0 Å². The highest BCUT2D eigenvalue weighted by atomic mass is 16.3. The Morgan fingerprint density at radius 2 is 1.91 bits per heavy atom. The summed E-state index contributed by atoms with van der Waals surface area (Å²) in [6.07, 6.45) is 10.2. The van der Waals surface area contributed by atoms with Crippen LogP contribution in [0, 0.1) is 6.92 Å². The van der Waals surface area contributed by atoms with Crippen LogP contribution in [0.4, 0.5) is 0 Å². The molecule has 3 heterocycles. The molecule has 2 fully saturated rings. The Hall–Kier alpha value is -0.910. The largest absolute Gasteiger partial charge is 0.395 e. The van der Waals surface area contributed by atoms with Crippen LogP contribution in [-0.4, -0.2) is 69.3 Å². The summed E-state index contributed by atoms with van der Waals surface area (Å²) in [4.78, 5) is 9.47. The van der Waals surface area contributed by atoms with E-state index in [1.165, 1.54) is 51.7 Å². The van der Waals surface area contributed by atoms with E-state index >= 15 is 0 Å². The normalized spacial score (nSPS) is 27.0. The molecule has 2 atom stereocenters. The summed E-state index contributed by atoms with van der Waals surface area (Å²) in [6, 6.07) is 1.10. The molecule has 0 bridgehead atoms. The highest BCUT2D eigenvalue weighted by Gasteiger charge is 2.30. The summed E-state index contributed by atoms with van der Waals surface area (Å²) in [5.41, 5.74) is 0. The molecule has 5 heteroatoms. The third kappa shape index (κ3) is 3.70. The van der Waals surface area contributed by atoms with E-state index in [-0.39, 0.29) is 0 Å². The van der Waals surface area contributed by atoms with E-state index in [2.05, 4.69) is 32.5 Å². The summed E-state index contributed by atoms with van der Waals surface area (Å²) in [6.45, 7) is 8.20. The first-order valence-electron chi connectivity index (χ1n) is 8.84. The van der Waals surface area contributed by atoms with Crippen molar-refractivity contribution in [3.8, 4) is 0 Å². The van der Waals surface area contributed by atoms with Gasteiger partial charge in [-0.15, -0.1) is 0 Å². The lowest BCUT2D eigenvalue weighted by Gasteiger charge is -2.31. The zero-order valence-corrected chi connectivity index (χ0v) is 13.8. The van der Waals surface area contributed by atoms with E-state index in [1.807, 2.05) is 6.20 Å². The van der Waals surface area contributed by atoms with Gasteiger partial charge in [-0.25, -0.2) is 4.98 Å². The number of aliphatic hydroxyl groups is 1. The maximum absolute atomic E-state index is 9.49. The average molecular weight is 306 g/mol. The van der Waals surface area contributed by atoms with Crippen molar-refractivity contribution < 1.29 is 5.11 Å². The lowest BCUT2D eigenvalue weighted by molar-refractivity contribution is 0.121. The van der Waals surface area contributed by atoms with Crippen molar-refractivity contribution in [3.63, 3.8) is 0 Å².